The summed E-state index contributed by atoms with van der Waals surface area (Å²) in [6.45, 7) is 3.74. The van der Waals surface area contributed by atoms with E-state index in [4.69, 9.17) is 4.74 Å². The van der Waals surface area contributed by atoms with Crippen LogP contribution in [-0.4, -0.2) is 24.0 Å². The molecular formula is C24H20BrN3O4. The van der Waals surface area contributed by atoms with Crippen LogP contribution >= 0.6 is 15.9 Å². The van der Waals surface area contributed by atoms with Crippen LogP contribution in [0.15, 0.2) is 76.3 Å². The lowest BCUT2D eigenvalue weighted by Crippen LogP contribution is -2.32. The number of amides is 2. The number of hydrogen-bond acceptors (Lipinski definition) is 5. The van der Waals surface area contributed by atoms with Gasteiger partial charge in [0, 0.05) is 15.7 Å². The third-order valence-electron chi connectivity index (χ3n) is 4.43. The van der Waals surface area contributed by atoms with Gasteiger partial charge in [0.15, 0.2) is 0 Å². The van der Waals surface area contributed by atoms with Gasteiger partial charge < -0.3 is 10.1 Å². The highest BCUT2D eigenvalue weighted by Gasteiger charge is 2.14. The molecule has 0 heterocycles. The maximum absolute atomic E-state index is 12.4. The predicted molar refractivity (Wildman–Crippen MR) is 126 cm³/mol. The van der Waals surface area contributed by atoms with Crippen molar-refractivity contribution in [1.29, 1.82) is 0 Å². The van der Waals surface area contributed by atoms with Gasteiger partial charge in [0.25, 0.3) is 0 Å². The van der Waals surface area contributed by atoms with Crippen molar-refractivity contribution >= 4 is 45.6 Å². The number of nitrogens with zero attached hydrogens (tertiary/aromatic N) is 1. The number of carbonyl (C=O) groups excluding carboxylic acids is 3. The van der Waals surface area contributed by atoms with Gasteiger partial charge in [0.05, 0.1) is 11.8 Å². The van der Waals surface area contributed by atoms with Crippen molar-refractivity contribution in [3.8, 4) is 5.75 Å². The van der Waals surface area contributed by atoms with Gasteiger partial charge in [-0.15, -0.1) is 0 Å². The number of hydrazone groups is 1. The zero-order chi connectivity index (χ0) is 23.1. The third-order valence-corrected chi connectivity index (χ3v) is 4.92. The predicted octanol–water partition coefficient (Wildman–Crippen LogP) is 4.37. The highest BCUT2D eigenvalue weighted by atomic mass is 79.9. The first kappa shape index (κ1) is 22.9. The highest BCUT2D eigenvalue weighted by molar-refractivity contribution is 9.10. The molecule has 2 amide bonds. The molecule has 0 fully saturated rings. The van der Waals surface area contributed by atoms with Crippen LogP contribution in [0.4, 0.5) is 5.69 Å². The van der Waals surface area contributed by atoms with Crippen molar-refractivity contribution < 1.29 is 19.1 Å². The molecule has 0 aliphatic carbocycles. The zero-order valence-electron chi connectivity index (χ0n) is 17.4. The molecule has 0 saturated heterocycles. The maximum atomic E-state index is 12.4. The van der Waals surface area contributed by atoms with E-state index in [1.807, 2.05) is 38.1 Å². The number of ether oxygens (including phenoxy) is 1. The molecule has 3 aromatic rings. The van der Waals surface area contributed by atoms with E-state index in [9.17, 15) is 14.4 Å². The van der Waals surface area contributed by atoms with Crippen molar-refractivity contribution in [2.75, 3.05) is 5.32 Å². The maximum Gasteiger partial charge on any atom is 0.343 e. The summed E-state index contributed by atoms with van der Waals surface area (Å²) in [5.74, 6) is -2.06. The van der Waals surface area contributed by atoms with Gasteiger partial charge in [-0.2, -0.15) is 5.10 Å². The standard InChI is InChI=1S/C24H20BrN3O4/c1-15-7-9-17(10-8-15)24(31)32-21-12-11-19(25)13-18(21)14-26-28-23(30)22(29)27-20-6-4-3-5-16(20)2/h3-14H,1-2H3,(H,27,29)(H,28,30)/b26-14+. The van der Waals surface area contributed by atoms with Gasteiger partial charge in [0.2, 0.25) is 0 Å². The molecule has 0 spiro atoms. The summed E-state index contributed by atoms with van der Waals surface area (Å²) in [4.78, 5) is 36.6. The Morgan fingerprint density at radius 1 is 0.938 bits per heavy atom. The first-order chi connectivity index (χ1) is 15.3. The summed E-state index contributed by atoms with van der Waals surface area (Å²) < 4.78 is 6.20. The molecule has 162 valence electrons. The van der Waals surface area contributed by atoms with Crippen molar-refractivity contribution in [3.63, 3.8) is 0 Å². The average molecular weight is 494 g/mol. The number of halogens is 1. The highest BCUT2D eigenvalue weighted by Crippen LogP contribution is 2.23. The van der Waals surface area contributed by atoms with E-state index in [2.05, 4.69) is 31.8 Å². The minimum Gasteiger partial charge on any atom is -0.422 e. The van der Waals surface area contributed by atoms with E-state index in [1.54, 1.807) is 42.5 Å². The number of rotatable bonds is 5. The van der Waals surface area contributed by atoms with Gasteiger partial charge >= 0.3 is 17.8 Å². The first-order valence-electron chi connectivity index (χ1n) is 9.62. The Balaban J connectivity index is 1.67. The number of benzene rings is 3. The fourth-order valence-corrected chi connectivity index (χ4v) is 3.04. The quantitative estimate of drug-likeness (QED) is 0.181. The van der Waals surface area contributed by atoms with Gasteiger partial charge in [-0.25, -0.2) is 10.2 Å². The lowest BCUT2D eigenvalue weighted by Gasteiger charge is -2.08. The fourth-order valence-electron chi connectivity index (χ4n) is 2.67. The van der Waals surface area contributed by atoms with Crippen LogP contribution in [0.1, 0.15) is 27.0 Å². The Morgan fingerprint density at radius 3 is 2.38 bits per heavy atom. The number of nitrogens with one attached hydrogen (secondary N) is 2. The Labute approximate surface area is 193 Å². The fraction of sp³-hybridized carbons (Fsp3) is 0.0833. The van der Waals surface area contributed by atoms with Crippen LogP contribution in [0.3, 0.4) is 0 Å². The average Bonchev–Trinajstić information content (AvgIpc) is 2.77. The molecule has 0 aliphatic heterocycles. The minimum absolute atomic E-state index is 0.251. The number of carbonyl (C=O) groups is 3. The number of anilines is 1. The van der Waals surface area contributed by atoms with Crippen LogP contribution in [0, 0.1) is 13.8 Å². The van der Waals surface area contributed by atoms with E-state index in [0.717, 1.165) is 15.6 Å². The number of para-hydroxylation sites is 1. The normalized spacial score (nSPS) is 10.6. The minimum atomic E-state index is -0.933. The molecule has 0 unspecified atom stereocenters. The SMILES string of the molecule is Cc1ccc(C(=O)Oc2ccc(Br)cc2/C=N/NC(=O)C(=O)Nc2ccccc2C)cc1. The van der Waals surface area contributed by atoms with Gasteiger partial charge in [-0.05, 0) is 55.8 Å². The third kappa shape index (κ3) is 6.12. The molecule has 3 aromatic carbocycles. The second kappa shape index (κ2) is 10.5. The molecule has 0 aliphatic rings. The topological polar surface area (TPSA) is 96.9 Å². The van der Waals surface area contributed by atoms with Crippen LogP contribution < -0.4 is 15.5 Å². The van der Waals surface area contributed by atoms with Crippen LogP contribution in [0.2, 0.25) is 0 Å². The molecule has 0 radical (unpaired) electrons. The van der Waals surface area contributed by atoms with Gasteiger partial charge in [-0.1, -0.05) is 51.8 Å². The van der Waals surface area contributed by atoms with Crippen molar-refractivity contribution in [2.45, 2.75) is 13.8 Å². The number of esters is 1. The number of aryl methyl sites for hydroxylation is 2. The van der Waals surface area contributed by atoms with Crippen molar-refractivity contribution in [2.24, 2.45) is 5.10 Å². The first-order valence-corrected chi connectivity index (χ1v) is 10.4. The zero-order valence-corrected chi connectivity index (χ0v) is 19.0. The summed E-state index contributed by atoms with van der Waals surface area (Å²) in [5, 5.41) is 6.35. The van der Waals surface area contributed by atoms with E-state index in [0.29, 0.717) is 16.8 Å². The van der Waals surface area contributed by atoms with E-state index < -0.39 is 17.8 Å². The molecule has 0 atom stereocenters. The van der Waals surface area contributed by atoms with E-state index >= 15 is 0 Å². The van der Waals surface area contributed by atoms with Crippen molar-refractivity contribution in [3.05, 3.63) is 93.5 Å². The molecule has 0 aromatic heterocycles. The lowest BCUT2D eigenvalue weighted by atomic mass is 10.1. The van der Waals surface area contributed by atoms with E-state index in [1.165, 1.54) is 6.21 Å². The summed E-state index contributed by atoms with van der Waals surface area (Å²) in [6.07, 6.45) is 1.29. The second-order valence-electron chi connectivity index (χ2n) is 6.91. The Kier molecular flexibility index (Phi) is 7.51. The summed E-state index contributed by atoms with van der Waals surface area (Å²) in [6, 6.07) is 19.1. The monoisotopic (exact) mass is 493 g/mol. The molecule has 0 saturated carbocycles. The van der Waals surface area contributed by atoms with Crippen LogP contribution in [-0.2, 0) is 9.59 Å². The molecular weight excluding hydrogens is 474 g/mol. The second-order valence-corrected chi connectivity index (χ2v) is 7.82. The van der Waals surface area contributed by atoms with Crippen molar-refractivity contribution in [1.82, 2.24) is 5.43 Å². The largest absolute Gasteiger partial charge is 0.422 e. The Bertz CT molecular complexity index is 1190. The molecule has 3 rings (SSSR count). The van der Waals surface area contributed by atoms with E-state index in [-0.39, 0.29) is 5.75 Å². The van der Waals surface area contributed by atoms with Gasteiger partial charge in [-0.3, -0.25) is 9.59 Å². The van der Waals surface area contributed by atoms with Gasteiger partial charge in [0.1, 0.15) is 5.75 Å². The lowest BCUT2D eigenvalue weighted by molar-refractivity contribution is -0.136. The molecule has 0 bridgehead atoms. The summed E-state index contributed by atoms with van der Waals surface area (Å²) in [5.41, 5.74) is 5.40. The van der Waals surface area contributed by atoms with Crippen LogP contribution in [0.5, 0.6) is 5.75 Å². The smallest absolute Gasteiger partial charge is 0.343 e. The number of hydrogen-bond donors (Lipinski definition) is 2. The summed E-state index contributed by atoms with van der Waals surface area (Å²) in [7, 11) is 0. The molecule has 2 N–H and O–H groups in total. The van der Waals surface area contributed by atoms with Crippen LogP contribution in [0.25, 0.3) is 0 Å². The Hall–Kier alpha value is -3.78. The summed E-state index contributed by atoms with van der Waals surface area (Å²) >= 11 is 3.35. The molecule has 32 heavy (non-hydrogen) atoms. The molecule has 7 nitrogen and oxygen atoms in total. The Morgan fingerprint density at radius 2 is 1.66 bits per heavy atom. The molecule has 8 heteroatoms.